The zero-order valence-electron chi connectivity index (χ0n) is 16.5. The molecule has 0 unspecified atom stereocenters. The van der Waals surface area contributed by atoms with E-state index in [0.717, 1.165) is 47.1 Å². The number of aromatic nitrogens is 2. The molecule has 1 saturated heterocycles. The Labute approximate surface area is 168 Å². The number of ether oxygens (including phenoxy) is 1. The molecule has 0 radical (unpaired) electrons. The highest BCUT2D eigenvalue weighted by Gasteiger charge is 2.22. The largest absolute Gasteiger partial charge is 0.492 e. The number of aromatic amines is 1. The van der Waals surface area contributed by atoms with E-state index in [2.05, 4.69) is 28.5 Å². The van der Waals surface area contributed by atoms with Crippen LogP contribution in [0.4, 0.5) is 4.39 Å². The van der Waals surface area contributed by atoms with Crippen molar-refractivity contribution in [1.29, 1.82) is 0 Å². The molecule has 6 nitrogen and oxygen atoms in total. The monoisotopic (exact) mass is 397 g/mol. The third kappa shape index (κ3) is 4.93. The lowest BCUT2D eigenvalue weighted by Gasteiger charge is -2.13. The fourth-order valence-corrected chi connectivity index (χ4v) is 3.21. The lowest BCUT2D eigenvalue weighted by atomic mass is 10.0. The highest BCUT2D eigenvalue weighted by molar-refractivity contribution is 5.87. The van der Waals surface area contributed by atoms with E-state index in [9.17, 15) is 9.18 Å². The van der Waals surface area contributed by atoms with Gasteiger partial charge in [-0.15, -0.1) is 0 Å². The van der Waals surface area contributed by atoms with Crippen molar-refractivity contribution >= 4 is 11.5 Å². The van der Waals surface area contributed by atoms with E-state index in [-0.39, 0.29) is 5.56 Å². The van der Waals surface area contributed by atoms with Crippen molar-refractivity contribution in [3.05, 3.63) is 82.3 Å². The zero-order chi connectivity index (χ0) is 20.8. The highest BCUT2D eigenvalue weighted by Crippen LogP contribution is 2.33. The van der Waals surface area contributed by atoms with Crippen LogP contribution in [0, 0.1) is 5.82 Å². The molecule has 0 amide bonds. The van der Waals surface area contributed by atoms with Crippen LogP contribution in [0.25, 0.3) is 5.57 Å². The van der Waals surface area contributed by atoms with Crippen molar-refractivity contribution in [2.24, 2.45) is 0 Å². The van der Waals surface area contributed by atoms with Crippen LogP contribution in [0.2, 0.25) is 0 Å². The molecule has 0 aliphatic carbocycles. The van der Waals surface area contributed by atoms with E-state index in [0.29, 0.717) is 18.7 Å². The number of hydrogen-bond donors (Lipinski definition) is 3. The molecule has 0 spiro atoms. The SMILES string of the molecule is CC/C=C/C(=C1/OCC/C1=C(/C)NCc1cc(F)cc(C(=O)O)c1)c1cn[nH]c1. The highest BCUT2D eigenvalue weighted by atomic mass is 19.1. The number of carboxylic acids is 1. The van der Waals surface area contributed by atoms with Crippen LogP contribution in [-0.2, 0) is 11.3 Å². The standard InChI is InChI=1S/C22H24FN3O3/c1-3-4-5-20(17-12-25-26-13-17)21-19(6-7-29-21)14(2)24-11-15-8-16(22(27)28)10-18(23)9-15/h4-5,8-10,12-13,24H,3,6-7,11H2,1-2H3,(H,25,26)(H,27,28)/b5-4+,19-14+,21-20-. The number of aromatic carboxylic acids is 1. The molecule has 1 aliphatic heterocycles. The minimum atomic E-state index is -1.15. The van der Waals surface area contributed by atoms with Crippen LogP contribution in [0.15, 0.2) is 59.8 Å². The van der Waals surface area contributed by atoms with E-state index < -0.39 is 11.8 Å². The molecule has 2 heterocycles. The summed E-state index contributed by atoms with van der Waals surface area (Å²) >= 11 is 0. The molecule has 7 heteroatoms. The van der Waals surface area contributed by atoms with Crippen molar-refractivity contribution < 1.29 is 19.0 Å². The topological polar surface area (TPSA) is 87.2 Å². The second kappa shape index (κ2) is 9.23. The molecule has 1 aromatic heterocycles. The second-order valence-corrected chi connectivity index (χ2v) is 6.75. The number of carbonyl (C=O) groups is 1. The smallest absolute Gasteiger partial charge is 0.335 e. The minimum Gasteiger partial charge on any atom is -0.492 e. The summed E-state index contributed by atoms with van der Waals surface area (Å²) in [5.74, 6) is -0.919. The maximum atomic E-state index is 13.7. The van der Waals surface area contributed by atoms with Crippen molar-refractivity contribution in [3.63, 3.8) is 0 Å². The molecule has 3 rings (SSSR count). The lowest BCUT2D eigenvalue weighted by molar-refractivity contribution is 0.0696. The summed E-state index contributed by atoms with van der Waals surface area (Å²) in [5, 5.41) is 19.3. The fraction of sp³-hybridized carbons (Fsp3) is 0.273. The summed E-state index contributed by atoms with van der Waals surface area (Å²) in [6.45, 7) is 4.90. The van der Waals surface area contributed by atoms with Crippen LogP contribution in [-0.4, -0.2) is 27.9 Å². The number of nitrogens with zero attached hydrogens (tertiary/aromatic N) is 1. The van der Waals surface area contributed by atoms with E-state index in [4.69, 9.17) is 9.84 Å². The van der Waals surface area contributed by atoms with Crippen LogP contribution in [0.3, 0.4) is 0 Å². The summed E-state index contributed by atoms with van der Waals surface area (Å²) in [7, 11) is 0. The zero-order valence-corrected chi connectivity index (χ0v) is 16.5. The van der Waals surface area contributed by atoms with Gasteiger partial charge in [0.2, 0.25) is 0 Å². The Bertz CT molecular complexity index is 975. The van der Waals surface area contributed by atoms with E-state index in [1.165, 1.54) is 12.1 Å². The number of H-pyrrole nitrogens is 1. The van der Waals surface area contributed by atoms with Crippen LogP contribution in [0.5, 0.6) is 0 Å². The fourth-order valence-electron chi connectivity index (χ4n) is 3.21. The van der Waals surface area contributed by atoms with Gasteiger partial charge in [0.25, 0.3) is 0 Å². The Morgan fingerprint density at radius 1 is 1.38 bits per heavy atom. The minimum absolute atomic E-state index is 0.0659. The van der Waals surface area contributed by atoms with Gasteiger partial charge in [-0.25, -0.2) is 9.18 Å². The van der Waals surface area contributed by atoms with Gasteiger partial charge in [0, 0.05) is 41.6 Å². The third-order valence-electron chi connectivity index (χ3n) is 4.66. The van der Waals surface area contributed by atoms with E-state index in [1.807, 2.05) is 19.2 Å². The predicted molar refractivity (Wildman–Crippen MR) is 108 cm³/mol. The molecular formula is C22H24FN3O3. The average Bonchev–Trinajstić information content (AvgIpc) is 3.38. The lowest BCUT2D eigenvalue weighted by Crippen LogP contribution is -2.14. The Morgan fingerprint density at radius 2 is 2.21 bits per heavy atom. The number of carboxylic acid groups (broad SMARTS) is 1. The van der Waals surface area contributed by atoms with Crippen LogP contribution < -0.4 is 5.32 Å². The molecule has 1 aliphatic rings. The first kappa shape index (κ1) is 20.4. The van der Waals surface area contributed by atoms with Gasteiger partial charge >= 0.3 is 5.97 Å². The molecule has 2 aromatic rings. The van der Waals surface area contributed by atoms with Gasteiger partial charge in [0.05, 0.1) is 18.4 Å². The van der Waals surface area contributed by atoms with E-state index >= 15 is 0 Å². The molecule has 29 heavy (non-hydrogen) atoms. The van der Waals surface area contributed by atoms with Gasteiger partial charge in [0.15, 0.2) is 0 Å². The Hall–Kier alpha value is -3.35. The number of nitrogens with one attached hydrogen (secondary N) is 2. The summed E-state index contributed by atoms with van der Waals surface area (Å²) in [5.41, 5.74) is 4.33. The first-order valence-corrected chi connectivity index (χ1v) is 9.49. The first-order valence-electron chi connectivity index (χ1n) is 9.49. The Kier molecular flexibility index (Phi) is 6.49. The molecule has 0 atom stereocenters. The summed E-state index contributed by atoms with van der Waals surface area (Å²) in [6.07, 6.45) is 9.33. The van der Waals surface area contributed by atoms with Crippen molar-refractivity contribution in [3.8, 4) is 0 Å². The quantitative estimate of drug-likeness (QED) is 0.644. The van der Waals surface area contributed by atoms with Crippen molar-refractivity contribution in [1.82, 2.24) is 15.5 Å². The number of benzene rings is 1. The Morgan fingerprint density at radius 3 is 2.90 bits per heavy atom. The molecule has 152 valence electrons. The predicted octanol–water partition coefficient (Wildman–Crippen LogP) is 4.41. The van der Waals surface area contributed by atoms with Gasteiger partial charge < -0.3 is 15.2 Å². The normalized spacial score (nSPS) is 17.3. The molecule has 1 aromatic carbocycles. The number of allylic oxidation sites excluding steroid dienone is 5. The maximum absolute atomic E-state index is 13.7. The molecule has 0 saturated carbocycles. The van der Waals surface area contributed by atoms with Gasteiger partial charge in [-0.3, -0.25) is 5.10 Å². The van der Waals surface area contributed by atoms with E-state index in [1.54, 1.807) is 6.20 Å². The summed E-state index contributed by atoms with van der Waals surface area (Å²) < 4.78 is 19.7. The molecular weight excluding hydrogens is 373 g/mol. The van der Waals surface area contributed by atoms with Crippen LogP contribution in [0.1, 0.15) is 48.2 Å². The maximum Gasteiger partial charge on any atom is 0.335 e. The van der Waals surface area contributed by atoms with Gasteiger partial charge in [-0.1, -0.05) is 19.1 Å². The number of hydrogen-bond acceptors (Lipinski definition) is 4. The summed E-state index contributed by atoms with van der Waals surface area (Å²) in [6, 6.07) is 3.82. The number of rotatable bonds is 7. The second-order valence-electron chi connectivity index (χ2n) is 6.75. The summed E-state index contributed by atoms with van der Waals surface area (Å²) in [4.78, 5) is 11.1. The third-order valence-corrected chi connectivity index (χ3v) is 4.66. The van der Waals surface area contributed by atoms with Gasteiger partial charge in [-0.2, -0.15) is 5.10 Å². The van der Waals surface area contributed by atoms with Crippen molar-refractivity contribution in [2.45, 2.75) is 33.2 Å². The van der Waals surface area contributed by atoms with Crippen molar-refractivity contribution in [2.75, 3.05) is 6.61 Å². The average molecular weight is 397 g/mol. The van der Waals surface area contributed by atoms with Crippen LogP contribution >= 0.6 is 0 Å². The van der Waals surface area contributed by atoms with Gasteiger partial charge in [0.1, 0.15) is 11.6 Å². The number of halogens is 1. The van der Waals surface area contributed by atoms with Gasteiger partial charge in [-0.05, 0) is 37.1 Å². The molecule has 1 fully saturated rings. The Balaban J connectivity index is 1.89. The molecule has 3 N–H and O–H groups in total. The first-order chi connectivity index (χ1) is 14.0. The molecule has 0 bridgehead atoms.